The van der Waals surface area contributed by atoms with E-state index in [1.165, 1.54) is 18.4 Å². The number of likely N-dealkylation sites (N-methyl/N-ethyl adjacent to an activating group) is 1. The maximum absolute atomic E-state index is 5.66. The van der Waals surface area contributed by atoms with Gasteiger partial charge in [0, 0.05) is 26.2 Å². The average molecular weight is 306 g/mol. The molecule has 124 valence electrons. The normalized spacial score (nSPS) is 18.0. The summed E-state index contributed by atoms with van der Waals surface area (Å²) in [7, 11) is 2.18. The van der Waals surface area contributed by atoms with E-state index in [4.69, 9.17) is 9.47 Å². The van der Waals surface area contributed by atoms with Crippen molar-refractivity contribution in [2.24, 2.45) is 0 Å². The minimum absolute atomic E-state index is 0.453. The van der Waals surface area contributed by atoms with Crippen LogP contribution in [0.4, 0.5) is 0 Å². The molecule has 0 aliphatic carbocycles. The molecule has 4 nitrogen and oxygen atoms in total. The fourth-order valence-electron chi connectivity index (χ4n) is 2.77. The molecule has 0 bridgehead atoms. The Bertz CT molecular complexity index is 402. The molecule has 1 atom stereocenters. The Morgan fingerprint density at radius 2 is 2.09 bits per heavy atom. The van der Waals surface area contributed by atoms with Gasteiger partial charge in [0.15, 0.2) is 0 Å². The Morgan fingerprint density at radius 3 is 2.77 bits per heavy atom. The maximum Gasteiger partial charge on any atom is 0.119 e. The quantitative estimate of drug-likeness (QED) is 0.673. The molecular weight excluding hydrogens is 276 g/mol. The van der Waals surface area contributed by atoms with Crippen LogP contribution >= 0.6 is 0 Å². The van der Waals surface area contributed by atoms with E-state index in [0.717, 1.165) is 51.6 Å². The molecule has 0 spiro atoms. The molecule has 22 heavy (non-hydrogen) atoms. The van der Waals surface area contributed by atoms with Crippen molar-refractivity contribution in [3.63, 3.8) is 0 Å². The van der Waals surface area contributed by atoms with Crippen molar-refractivity contribution in [3.05, 3.63) is 29.8 Å². The largest absolute Gasteiger partial charge is 0.494 e. The molecule has 1 aliphatic heterocycles. The van der Waals surface area contributed by atoms with Gasteiger partial charge in [0.2, 0.25) is 0 Å². The highest BCUT2D eigenvalue weighted by Crippen LogP contribution is 2.13. The van der Waals surface area contributed by atoms with Crippen LogP contribution in [0.2, 0.25) is 0 Å². The van der Waals surface area contributed by atoms with Crippen molar-refractivity contribution in [2.45, 2.75) is 32.3 Å². The molecule has 0 aromatic heterocycles. The van der Waals surface area contributed by atoms with Crippen LogP contribution in [0.5, 0.6) is 5.75 Å². The predicted molar refractivity (Wildman–Crippen MR) is 90.7 cm³/mol. The van der Waals surface area contributed by atoms with Gasteiger partial charge in [0.05, 0.1) is 12.7 Å². The van der Waals surface area contributed by atoms with Crippen molar-refractivity contribution in [3.8, 4) is 5.75 Å². The van der Waals surface area contributed by atoms with Gasteiger partial charge < -0.3 is 19.7 Å². The van der Waals surface area contributed by atoms with E-state index in [2.05, 4.69) is 29.4 Å². The van der Waals surface area contributed by atoms with Crippen molar-refractivity contribution in [1.82, 2.24) is 10.2 Å². The fraction of sp³-hybridized carbons (Fsp3) is 0.667. The third-order valence-corrected chi connectivity index (χ3v) is 4.03. The highest BCUT2D eigenvalue weighted by atomic mass is 16.5. The Morgan fingerprint density at radius 1 is 1.27 bits per heavy atom. The van der Waals surface area contributed by atoms with Crippen LogP contribution in [-0.2, 0) is 11.2 Å². The molecule has 1 heterocycles. The Labute approximate surface area is 134 Å². The Hall–Kier alpha value is -1.10. The van der Waals surface area contributed by atoms with Gasteiger partial charge in [-0.1, -0.05) is 12.1 Å². The molecule has 0 radical (unpaired) electrons. The van der Waals surface area contributed by atoms with Crippen molar-refractivity contribution in [1.29, 1.82) is 0 Å². The monoisotopic (exact) mass is 306 g/mol. The smallest absolute Gasteiger partial charge is 0.119 e. The molecule has 1 fully saturated rings. The van der Waals surface area contributed by atoms with Gasteiger partial charge >= 0.3 is 0 Å². The molecule has 0 amide bonds. The van der Waals surface area contributed by atoms with Gasteiger partial charge in [-0.3, -0.25) is 0 Å². The molecule has 1 unspecified atom stereocenters. The van der Waals surface area contributed by atoms with E-state index in [-0.39, 0.29) is 0 Å². The zero-order valence-electron chi connectivity index (χ0n) is 14.0. The van der Waals surface area contributed by atoms with Crippen LogP contribution in [0.25, 0.3) is 0 Å². The fourth-order valence-corrected chi connectivity index (χ4v) is 2.77. The third kappa shape index (κ3) is 6.34. The SMILES string of the molecule is CCOc1ccc(CCNCCN(C)CC2CCCO2)cc1. The van der Waals surface area contributed by atoms with Crippen molar-refractivity contribution >= 4 is 0 Å². The summed E-state index contributed by atoms with van der Waals surface area (Å²) in [5, 5.41) is 3.52. The second-order valence-corrected chi connectivity index (χ2v) is 5.97. The van der Waals surface area contributed by atoms with E-state index >= 15 is 0 Å². The van der Waals surface area contributed by atoms with Crippen molar-refractivity contribution in [2.75, 3.05) is 46.4 Å². The zero-order chi connectivity index (χ0) is 15.6. The topological polar surface area (TPSA) is 33.7 Å². The lowest BCUT2D eigenvalue weighted by Crippen LogP contribution is -2.35. The summed E-state index contributed by atoms with van der Waals surface area (Å²) in [5.74, 6) is 0.954. The standard InChI is InChI=1S/C18H30N2O2/c1-3-21-17-8-6-16(7-9-17)10-11-19-12-13-20(2)15-18-5-4-14-22-18/h6-9,18-19H,3-5,10-15H2,1-2H3. The second kappa shape index (κ2) is 9.82. The van der Waals surface area contributed by atoms with Gasteiger partial charge in [-0.15, -0.1) is 0 Å². The van der Waals surface area contributed by atoms with Crippen LogP contribution in [0, 0.1) is 0 Å². The summed E-state index contributed by atoms with van der Waals surface area (Å²) in [6.45, 7) is 7.85. The third-order valence-electron chi connectivity index (χ3n) is 4.03. The number of nitrogens with zero attached hydrogens (tertiary/aromatic N) is 1. The average Bonchev–Trinajstić information content (AvgIpc) is 3.02. The highest BCUT2D eigenvalue weighted by Gasteiger charge is 2.16. The molecule has 1 saturated heterocycles. The first-order chi connectivity index (χ1) is 10.8. The molecule has 2 rings (SSSR count). The predicted octanol–water partition coefficient (Wildman–Crippen LogP) is 2.33. The lowest BCUT2D eigenvalue weighted by molar-refractivity contribution is 0.0815. The van der Waals surface area contributed by atoms with E-state index in [9.17, 15) is 0 Å². The molecule has 4 heteroatoms. The number of rotatable bonds is 10. The van der Waals surface area contributed by atoms with Crippen molar-refractivity contribution < 1.29 is 9.47 Å². The number of hydrogen-bond donors (Lipinski definition) is 1. The summed E-state index contributed by atoms with van der Waals surface area (Å²) < 4.78 is 11.1. The first-order valence-electron chi connectivity index (χ1n) is 8.50. The number of hydrogen-bond acceptors (Lipinski definition) is 4. The number of nitrogens with one attached hydrogen (secondary N) is 1. The molecule has 1 aromatic rings. The summed E-state index contributed by atoms with van der Waals surface area (Å²) in [6.07, 6.45) is 3.95. The van der Waals surface area contributed by atoms with E-state index in [1.807, 2.05) is 19.1 Å². The first-order valence-corrected chi connectivity index (χ1v) is 8.50. The lowest BCUT2D eigenvalue weighted by atomic mass is 10.1. The lowest BCUT2D eigenvalue weighted by Gasteiger charge is -2.20. The van der Waals surface area contributed by atoms with Crippen LogP contribution in [0.3, 0.4) is 0 Å². The molecule has 1 N–H and O–H groups in total. The molecule has 1 aliphatic rings. The highest BCUT2D eigenvalue weighted by molar-refractivity contribution is 5.27. The summed E-state index contributed by atoms with van der Waals surface area (Å²) in [6, 6.07) is 8.40. The maximum atomic E-state index is 5.66. The molecular formula is C18H30N2O2. The number of ether oxygens (including phenoxy) is 2. The van der Waals surface area contributed by atoms with Gasteiger partial charge in [-0.05, 0) is 57.5 Å². The zero-order valence-corrected chi connectivity index (χ0v) is 14.0. The van der Waals surface area contributed by atoms with E-state index < -0.39 is 0 Å². The first kappa shape index (κ1) is 17.3. The molecule has 1 aromatic carbocycles. The summed E-state index contributed by atoms with van der Waals surface area (Å²) >= 11 is 0. The van der Waals surface area contributed by atoms with Crippen LogP contribution in [-0.4, -0.2) is 57.4 Å². The minimum atomic E-state index is 0.453. The van der Waals surface area contributed by atoms with E-state index in [1.54, 1.807) is 0 Å². The summed E-state index contributed by atoms with van der Waals surface area (Å²) in [5.41, 5.74) is 1.35. The van der Waals surface area contributed by atoms with Crippen LogP contribution in [0.1, 0.15) is 25.3 Å². The molecule has 0 saturated carbocycles. The summed E-state index contributed by atoms with van der Waals surface area (Å²) in [4.78, 5) is 2.36. The second-order valence-electron chi connectivity index (χ2n) is 5.97. The van der Waals surface area contributed by atoms with Crippen LogP contribution in [0.15, 0.2) is 24.3 Å². The Kier molecular flexibility index (Phi) is 7.71. The minimum Gasteiger partial charge on any atom is -0.494 e. The van der Waals surface area contributed by atoms with Crippen LogP contribution < -0.4 is 10.1 Å². The van der Waals surface area contributed by atoms with Gasteiger partial charge in [-0.25, -0.2) is 0 Å². The van der Waals surface area contributed by atoms with Gasteiger partial charge in [0.25, 0.3) is 0 Å². The van der Waals surface area contributed by atoms with Gasteiger partial charge in [0.1, 0.15) is 5.75 Å². The van der Waals surface area contributed by atoms with Gasteiger partial charge in [-0.2, -0.15) is 0 Å². The number of benzene rings is 1. The Balaban J connectivity index is 1.52. The van der Waals surface area contributed by atoms with E-state index in [0.29, 0.717) is 6.10 Å².